The molecule has 2 atom stereocenters. The molecule has 0 spiro atoms. The van der Waals surface area contributed by atoms with E-state index in [9.17, 15) is 5.11 Å². The van der Waals surface area contributed by atoms with Crippen LogP contribution in [0.2, 0.25) is 0 Å². The van der Waals surface area contributed by atoms with Crippen molar-refractivity contribution in [3.8, 4) is 11.5 Å². The molecule has 1 aliphatic rings. The summed E-state index contributed by atoms with van der Waals surface area (Å²) < 4.78 is 5.21. The Labute approximate surface area is 139 Å². The van der Waals surface area contributed by atoms with Gasteiger partial charge in [-0.25, -0.2) is 4.99 Å². The Bertz CT molecular complexity index is 531. The normalized spacial score (nSPS) is 21.8. The van der Waals surface area contributed by atoms with Crippen LogP contribution in [0.1, 0.15) is 45.1 Å². The first-order chi connectivity index (χ1) is 11.1. The Kier molecular flexibility index (Phi) is 6.56. The van der Waals surface area contributed by atoms with Crippen LogP contribution in [0.3, 0.4) is 0 Å². The van der Waals surface area contributed by atoms with Gasteiger partial charge in [0.25, 0.3) is 0 Å². The molecule has 2 unspecified atom stereocenters. The number of nitrogens with zero attached hydrogens (tertiary/aromatic N) is 1. The first kappa shape index (κ1) is 17.4. The van der Waals surface area contributed by atoms with Crippen LogP contribution in [0.15, 0.2) is 23.2 Å². The molecule has 1 saturated carbocycles. The molecule has 3 N–H and O–H groups in total. The molecule has 1 fully saturated rings. The van der Waals surface area contributed by atoms with Gasteiger partial charge >= 0.3 is 0 Å². The molecule has 1 aromatic rings. The van der Waals surface area contributed by atoms with E-state index in [2.05, 4.69) is 29.5 Å². The molecule has 2 rings (SSSR count). The number of rotatable bonds is 5. The molecule has 0 amide bonds. The summed E-state index contributed by atoms with van der Waals surface area (Å²) in [5, 5.41) is 16.8. The second-order valence-electron chi connectivity index (χ2n) is 6.30. The van der Waals surface area contributed by atoms with Crippen LogP contribution < -0.4 is 15.4 Å². The van der Waals surface area contributed by atoms with Gasteiger partial charge in [0.2, 0.25) is 0 Å². The molecule has 0 radical (unpaired) electrons. The molecule has 1 aliphatic carbocycles. The quantitative estimate of drug-likeness (QED) is 0.576. The van der Waals surface area contributed by atoms with Gasteiger partial charge in [0.05, 0.1) is 13.7 Å². The summed E-state index contributed by atoms with van der Waals surface area (Å²) in [5.74, 6) is 2.56. The van der Waals surface area contributed by atoms with Crippen molar-refractivity contribution >= 4 is 5.96 Å². The standard InChI is InChI=1S/C18H29N3O2/c1-4-19-18(21-15-7-5-6-13(2)10-15)20-12-14-11-16(23-3)8-9-17(14)22/h8-9,11,13,15,22H,4-7,10,12H2,1-3H3,(H2,19,20,21). The molecule has 0 aromatic heterocycles. The van der Waals surface area contributed by atoms with E-state index in [-0.39, 0.29) is 5.75 Å². The highest BCUT2D eigenvalue weighted by molar-refractivity contribution is 5.80. The number of hydrogen-bond donors (Lipinski definition) is 3. The molecule has 0 saturated heterocycles. The summed E-state index contributed by atoms with van der Waals surface area (Å²) in [6.07, 6.45) is 4.98. The zero-order valence-electron chi connectivity index (χ0n) is 14.4. The average Bonchev–Trinajstić information content (AvgIpc) is 2.54. The Balaban J connectivity index is 2.03. The Morgan fingerprint density at radius 1 is 1.39 bits per heavy atom. The topological polar surface area (TPSA) is 65.9 Å². The summed E-state index contributed by atoms with van der Waals surface area (Å²) in [4.78, 5) is 4.62. The maximum absolute atomic E-state index is 9.96. The fourth-order valence-corrected chi connectivity index (χ4v) is 3.06. The molecule has 5 nitrogen and oxygen atoms in total. The van der Waals surface area contributed by atoms with Crippen molar-refractivity contribution in [2.75, 3.05) is 13.7 Å². The number of aliphatic imine (C=N–C) groups is 1. The van der Waals surface area contributed by atoms with E-state index in [0.29, 0.717) is 12.6 Å². The first-order valence-electron chi connectivity index (χ1n) is 8.53. The van der Waals surface area contributed by atoms with E-state index in [1.54, 1.807) is 19.2 Å². The van der Waals surface area contributed by atoms with Gasteiger partial charge in [-0.1, -0.05) is 19.8 Å². The van der Waals surface area contributed by atoms with Crippen LogP contribution >= 0.6 is 0 Å². The number of benzene rings is 1. The first-order valence-corrected chi connectivity index (χ1v) is 8.53. The molecule has 128 valence electrons. The Morgan fingerprint density at radius 3 is 2.91 bits per heavy atom. The van der Waals surface area contributed by atoms with E-state index in [0.717, 1.165) is 29.7 Å². The van der Waals surface area contributed by atoms with Gasteiger partial charge in [0, 0.05) is 18.2 Å². The number of aromatic hydroxyl groups is 1. The predicted octanol–water partition coefficient (Wildman–Crippen LogP) is 3.03. The van der Waals surface area contributed by atoms with Crippen LogP contribution in [0.25, 0.3) is 0 Å². The van der Waals surface area contributed by atoms with E-state index >= 15 is 0 Å². The predicted molar refractivity (Wildman–Crippen MR) is 94.0 cm³/mol. The zero-order valence-corrected chi connectivity index (χ0v) is 14.4. The molecular formula is C18H29N3O2. The lowest BCUT2D eigenvalue weighted by Gasteiger charge is -2.28. The minimum Gasteiger partial charge on any atom is -0.508 e. The summed E-state index contributed by atoms with van der Waals surface area (Å²) in [6, 6.07) is 5.70. The smallest absolute Gasteiger partial charge is 0.191 e. The van der Waals surface area contributed by atoms with E-state index in [1.165, 1.54) is 25.7 Å². The summed E-state index contributed by atoms with van der Waals surface area (Å²) in [5.41, 5.74) is 0.763. The number of ether oxygens (including phenoxy) is 1. The van der Waals surface area contributed by atoms with Gasteiger partial charge in [0.15, 0.2) is 5.96 Å². The Hall–Kier alpha value is -1.91. The lowest BCUT2D eigenvalue weighted by atomic mass is 9.87. The van der Waals surface area contributed by atoms with Crippen molar-refractivity contribution in [2.24, 2.45) is 10.9 Å². The largest absolute Gasteiger partial charge is 0.508 e. The highest BCUT2D eigenvalue weighted by atomic mass is 16.5. The number of phenolic OH excluding ortho intramolecular Hbond substituents is 1. The highest BCUT2D eigenvalue weighted by Crippen LogP contribution is 2.24. The van der Waals surface area contributed by atoms with E-state index < -0.39 is 0 Å². The second-order valence-corrected chi connectivity index (χ2v) is 6.30. The molecular weight excluding hydrogens is 290 g/mol. The zero-order chi connectivity index (χ0) is 16.7. The van der Waals surface area contributed by atoms with Crippen molar-refractivity contribution in [1.29, 1.82) is 0 Å². The Morgan fingerprint density at radius 2 is 2.22 bits per heavy atom. The third-order valence-corrected chi connectivity index (χ3v) is 4.32. The molecule has 5 heteroatoms. The summed E-state index contributed by atoms with van der Waals surface area (Å²) in [6.45, 7) is 5.61. The van der Waals surface area contributed by atoms with Gasteiger partial charge in [0.1, 0.15) is 11.5 Å². The molecule has 0 aliphatic heterocycles. The second kappa shape index (κ2) is 8.65. The highest BCUT2D eigenvalue weighted by Gasteiger charge is 2.19. The van der Waals surface area contributed by atoms with Gasteiger partial charge in [-0.3, -0.25) is 0 Å². The van der Waals surface area contributed by atoms with Crippen LogP contribution in [0.5, 0.6) is 11.5 Å². The molecule has 23 heavy (non-hydrogen) atoms. The van der Waals surface area contributed by atoms with Gasteiger partial charge in [-0.15, -0.1) is 0 Å². The van der Waals surface area contributed by atoms with Crippen LogP contribution in [0.4, 0.5) is 0 Å². The lowest BCUT2D eigenvalue weighted by Crippen LogP contribution is -2.45. The molecule has 1 aromatic carbocycles. The van der Waals surface area contributed by atoms with Crippen molar-refractivity contribution in [1.82, 2.24) is 10.6 Å². The summed E-state index contributed by atoms with van der Waals surface area (Å²) >= 11 is 0. The van der Waals surface area contributed by atoms with Crippen LogP contribution in [0, 0.1) is 5.92 Å². The van der Waals surface area contributed by atoms with Gasteiger partial charge in [-0.2, -0.15) is 0 Å². The lowest BCUT2D eigenvalue weighted by molar-refractivity contribution is 0.324. The van der Waals surface area contributed by atoms with Gasteiger partial charge in [-0.05, 0) is 43.9 Å². The monoisotopic (exact) mass is 319 g/mol. The maximum Gasteiger partial charge on any atom is 0.191 e. The number of guanidine groups is 1. The maximum atomic E-state index is 9.96. The number of nitrogens with one attached hydrogen (secondary N) is 2. The third-order valence-electron chi connectivity index (χ3n) is 4.32. The minimum absolute atomic E-state index is 0.247. The average molecular weight is 319 g/mol. The molecule has 0 bridgehead atoms. The van der Waals surface area contributed by atoms with E-state index in [4.69, 9.17) is 4.74 Å². The fourth-order valence-electron chi connectivity index (χ4n) is 3.06. The summed E-state index contributed by atoms with van der Waals surface area (Å²) in [7, 11) is 1.62. The SMILES string of the molecule is CCNC(=NCc1cc(OC)ccc1O)NC1CCCC(C)C1. The number of hydrogen-bond acceptors (Lipinski definition) is 3. The van der Waals surface area contributed by atoms with Crippen molar-refractivity contribution in [2.45, 2.75) is 52.1 Å². The number of phenols is 1. The van der Waals surface area contributed by atoms with Crippen molar-refractivity contribution < 1.29 is 9.84 Å². The van der Waals surface area contributed by atoms with Gasteiger partial charge < -0.3 is 20.5 Å². The molecule has 0 heterocycles. The van der Waals surface area contributed by atoms with Crippen molar-refractivity contribution in [3.05, 3.63) is 23.8 Å². The van der Waals surface area contributed by atoms with Crippen molar-refractivity contribution in [3.63, 3.8) is 0 Å². The third kappa shape index (κ3) is 5.34. The number of methoxy groups -OCH3 is 1. The van der Waals surface area contributed by atoms with E-state index in [1.807, 2.05) is 6.07 Å². The van der Waals surface area contributed by atoms with Crippen LogP contribution in [-0.2, 0) is 6.54 Å². The fraction of sp³-hybridized carbons (Fsp3) is 0.611. The minimum atomic E-state index is 0.247. The van der Waals surface area contributed by atoms with Crippen LogP contribution in [-0.4, -0.2) is 30.8 Å².